The molecule has 0 saturated carbocycles. The van der Waals surface area contributed by atoms with Gasteiger partial charge in [0, 0.05) is 6.92 Å². The second-order valence-electron chi connectivity index (χ2n) is 1.99. The van der Waals surface area contributed by atoms with E-state index in [0.717, 1.165) is 12.4 Å². The van der Waals surface area contributed by atoms with Gasteiger partial charge in [-0.05, 0) is 0 Å². The molecule has 0 radical (unpaired) electrons. The first-order valence-corrected chi connectivity index (χ1v) is 2.99. The minimum absolute atomic E-state index is 0. The van der Waals surface area contributed by atoms with Crippen LogP contribution in [0.5, 0.6) is 0 Å². The largest absolute Gasteiger partial charge is 1.00 e. The van der Waals surface area contributed by atoms with Crippen LogP contribution in [0.4, 0.5) is 0 Å². The van der Waals surface area contributed by atoms with Crippen molar-refractivity contribution in [2.45, 2.75) is 13.5 Å². The first-order valence-electron chi connectivity index (χ1n) is 2.99. The number of H-pyrrole nitrogens is 1. The molecule has 1 N–H and O–H groups in total. The first-order chi connectivity index (χ1) is 4.34. The van der Waals surface area contributed by atoms with Gasteiger partial charge in [0.2, 0.25) is 0 Å². The SMILES string of the molecule is C=CC[n+]1cc[nH]c1C.[Br-]. The number of halogens is 1. The van der Waals surface area contributed by atoms with E-state index in [1.165, 1.54) is 0 Å². The van der Waals surface area contributed by atoms with E-state index in [2.05, 4.69) is 16.1 Å². The van der Waals surface area contributed by atoms with E-state index in [4.69, 9.17) is 0 Å². The average Bonchev–Trinajstić information content (AvgIpc) is 2.18. The molecule has 1 rings (SSSR count). The van der Waals surface area contributed by atoms with E-state index in [0.29, 0.717) is 0 Å². The highest BCUT2D eigenvalue weighted by Gasteiger charge is 1.98. The summed E-state index contributed by atoms with van der Waals surface area (Å²) in [5, 5.41) is 0. The standard InChI is InChI=1S/C7H10N2.BrH/c1-3-5-9-6-4-8-7(9)2;/h3-4,6H,1,5H2,2H3;1H. The predicted molar refractivity (Wildman–Crippen MR) is 35.9 cm³/mol. The summed E-state index contributed by atoms with van der Waals surface area (Å²) in [6.07, 6.45) is 5.79. The molecule has 0 fully saturated rings. The lowest BCUT2D eigenvalue weighted by Gasteiger charge is -1.87. The summed E-state index contributed by atoms with van der Waals surface area (Å²) >= 11 is 0. The molecule has 2 nitrogen and oxygen atoms in total. The fraction of sp³-hybridized carbons (Fsp3) is 0.286. The Bertz CT molecular complexity index is 205. The summed E-state index contributed by atoms with van der Waals surface area (Å²) in [6.45, 7) is 6.56. The summed E-state index contributed by atoms with van der Waals surface area (Å²) in [5.74, 6) is 1.16. The van der Waals surface area contributed by atoms with Crippen LogP contribution in [0.2, 0.25) is 0 Å². The summed E-state index contributed by atoms with van der Waals surface area (Å²) in [5.41, 5.74) is 0. The van der Waals surface area contributed by atoms with E-state index in [1.807, 2.05) is 25.4 Å². The highest BCUT2D eigenvalue weighted by atomic mass is 79.9. The summed E-state index contributed by atoms with van der Waals surface area (Å²) in [4.78, 5) is 3.07. The van der Waals surface area contributed by atoms with Crippen LogP contribution < -0.4 is 21.5 Å². The average molecular weight is 203 g/mol. The van der Waals surface area contributed by atoms with Crippen LogP contribution in [0.15, 0.2) is 25.0 Å². The molecule has 0 atom stereocenters. The van der Waals surface area contributed by atoms with Gasteiger partial charge in [-0.3, -0.25) is 0 Å². The molecular weight excluding hydrogens is 192 g/mol. The van der Waals surface area contributed by atoms with Gasteiger partial charge in [-0.1, -0.05) is 12.7 Å². The highest BCUT2D eigenvalue weighted by Crippen LogP contribution is 1.80. The van der Waals surface area contributed by atoms with Crippen LogP contribution in [0.1, 0.15) is 5.82 Å². The molecule has 0 bridgehead atoms. The van der Waals surface area contributed by atoms with E-state index < -0.39 is 0 Å². The molecule has 0 amide bonds. The molecule has 0 aliphatic heterocycles. The van der Waals surface area contributed by atoms with Crippen LogP contribution in [0.25, 0.3) is 0 Å². The molecule has 56 valence electrons. The Morgan fingerprint density at radius 3 is 2.90 bits per heavy atom. The maximum Gasteiger partial charge on any atom is 0.251 e. The van der Waals surface area contributed by atoms with Crippen LogP contribution in [-0.4, -0.2) is 4.98 Å². The maximum absolute atomic E-state index is 3.64. The third kappa shape index (κ3) is 1.99. The normalized spacial score (nSPS) is 8.50. The van der Waals surface area contributed by atoms with E-state index in [-0.39, 0.29) is 17.0 Å². The van der Waals surface area contributed by atoms with Crippen molar-refractivity contribution in [1.29, 1.82) is 0 Å². The van der Waals surface area contributed by atoms with Gasteiger partial charge in [-0.15, -0.1) is 0 Å². The lowest BCUT2D eigenvalue weighted by atomic mass is 10.6. The van der Waals surface area contributed by atoms with Crippen molar-refractivity contribution in [2.24, 2.45) is 0 Å². The third-order valence-electron chi connectivity index (χ3n) is 1.30. The fourth-order valence-electron chi connectivity index (χ4n) is 0.779. The smallest absolute Gasteiger partial charge is 0.251 e. The Hall–Kier alpha value is -0.570. The quantitative estimate of drug-likeness (QED) is 0.416. The number of rotatable bonds is 2. The third-order valence-corrected chi connectivity index (χ3v) is 1.30. The Balaban J connectivity index is 0.000000810. The van der Waals surface area contributed by atoms with E-state index in [9.17, 15) is 0 Å². The number of aromatic amines is 1. The van der Waals surface area contributed by atoms with Crippen molar-refractivity contribution >= 4 is 0 Å². The van der Waals surface area contributed by atoms with Crippen LogP contribution in [-0.2, 0) is 6.54 Å². The van der Waals surface area contributed by atoms with Crippen molar-refractivity contribution in [3.8, 4) is 0 Å². The van der Waals surface area contributed by atoms with Crippen molar-refractivity contribution in [1.82, 2.24) is 4.98 Å². The number of nitrogens with one attached hydrogen (secondary N) is 1. The number of hydrogen-bond acceptors (Lipinski definition) is 0. The zero-order valence-electron chi connectivity index (χ0n) is 5.97. The Kier molecular flexibility index (Phi) is 4.03. The molecule has 1 aromatic heterocycles. The van der Waals surface area contributed by atoms with Crippen molar-refractivity contribution in [3.05, 3.63) is 30.9 Å². The lowest BCUT2D eigenvalue weighted by Crippen LogP contribution is -3.00. The summed E-state index contributed by atoms with van der Waals surface area (Å²) in [7, 11) is 0. The van der Waals surface area contributed by atoms with Gasteiger partial charge in [0.05, 0.1) is 0 Å². The minimum Gasteiger partial charge on any atom is -1.00 e. The van der Waals surface area contributed by atoms with Crippen molar-refractivity contribution in [2.75, 3.05) is 0 Å². The Morgan fingerprint density at radius 2 is 2.50 bits per heavy atom. The highest BCUT2D eigenvalue weighted by molar-refractivity contribution is 4.72. The Labute approximate surface area is 71.4 Å². The Morgan fingerprint density at radius 1 is 1.80 bits per heavy atom. The second-order valence-corrected chi connectivity index (χ2v) is 1.99. The van der Waals surface area contributed by atoms with E-state index >= 15 is 0 Å². The van der Waals surface area contributed by atoms with Gasteiger partial charge >= 0.3 is 0 Å². The number of allylic oxidation sites excluding steroid dienone is 1. The summed E-state index contributed by atoms with van der Waals surface area (Å²) < 4.78 is 2.09. The molecule has 0 spiro atoms. The van der Waals surface area contributed by atoms with Gasteiger partial charge in [-0.2, -0.15) is 0 Å². The van der Waals surface area contributed by atoms with Gasteiger partial charge < -0.3 is 17.0 Å². The zero-order chi connectivity index (χ0) is 6.69. The fourth-order valence-corrected chi connectivity index (χ4v) is 0.779. The number of aryl methyl sites for hydroxylation is 1. The molecule has 1 heterocycles. The summed E-state index contributed by atoms with van der Waals surface area (Å²) in [6, 6.07) is 0. The topological polar surface area (TPSA) is 19.7 Å². The predicted octanol–water partition coefficient (Wildman–Crippen LogP) is -2.20. The first kappa shape index (κ1) is 9.43. The maximum atomic E-state index is 3.64. The molecule has 0 aliphatic carbocycles. The van der Waals surface area contributed by atoms with Gasteiger partial charge in [0.25, 0.3) is 5.82 Å². The molecule has 0 aliphatic rings. The molecule has 0 aromatic carbocycles. The molecule has 1 aromatic rings. The van der Waals surface area contributed by atoms with E-state index in [1.54, 1.807) is 0 Å². The number of nitrogens with zero attached hydrogens (tertiary/aromatic N) is 1. The zero-order valence-corrected chi connectivity index (χ0v) is 7.56. The van der Waals surface area contributed by atoms with Crippen LogP contribution in [0, 0.1) is 6.92 Å². The van der Waals surface area contributed by atoms with Gasteiger partial charge in [-0.25, -0.2) is 9.55 Å². The monoisotopic (exact) mass is 202 g/mol. The van der Waals surface area contributed by atoms with Crippen molar-refractivity contribution in [3.63, 3.8) is 0 Å². The molecule has 3 heteroatoms. The molecule has 0 saturated heterocycles. The van der Waals surface area contributed by atoms with Crippen LogP contribution in [0.3, 0.4) is 0 Å². The minimum atomic E-state index is 0. The molecule has 0 unspecified atom stereocenters. The number of aromatic nitrogens is 2. The van der Waals surface area contributed by atoms with Crippen LogP contribution >= 0.6 is 0 Å². The second kappa shape index (κ2) is 4.28. The van der Waals surface area contributed by atoms with Crippen molar-refractivity contribution < 1.29 is 21.5 Å². The number of imidazole rings is 1. The molecule has 10 heavy (non-hydrogen) atoms. The molecular formula is C7H11BrN2. The van der Waals surface area contributed by atoms with Gasteiger partial charge in [0.1, 0.15) is 18.9 Å². The lowest BCUT2D eigenvalue weighted by molar-refractivity contribution is -0.691. The number of hydrogen-bond donors (Lipinski definition) is 1. The van der Waals surface area contributed by atoms with Gasteiger partial charge in [0.15, 0.2) is 0 Å².